The minimum atomic E-state index is -0.397. The van der Waals surface area contributed by atoms with Gasteiger partial charge in [0.2, 0.25) is 5.91 Å². The molecule has 0 spiro atoms. The molecule has 2 amide bonds. The molecule has 1 heterocycles. The van der Waals surface area contributed by atoms with Crippen molar-refractivity contribution in [3.63, 3.8) is 0 Å². The lowest BCUT2D eigenvalue weighted by molar-refractivity contribution is -0.117. The van der Waals surface area contributed by atoms with Gasteiger partial charge in [-0.25, -0.2) is 9.78 Å². The number of amides is 2. The first-order chi connectivity index (χ1) is 17.0. The minimum Gasteiger partial charge on any atom is -0.497 e. The van der Waals surface area contributed by atoms with Crippen LogP contribution in [0.4, 0.5) is 10.8 Å². The predicted molar refractivity (Wildman–Crippen MR) is 134 cm³/mol. The molecule has 0 saturated heterocycles. The summed E-state index contributed by atoms with van der Waals surface area (Å²) in [6.07, 6.45) is 3.17. The summed E-state index contributed by atoms with van der Waals surface area (Å²) in [5.41, 5.74) is 2.23. The Labute approximate surface area is 207 Å². The van der Waals surface area contributed by atoms with Crippen molar-refractivity contribution in [2.45, 2.75) is 38.5 Å². The molecule has 0 bridgehead atoms. The van der Waals surface area contributed by atoms with Gasteiger partial charge in [-0.05, 0) is 67.8 Å². The van der Waals surface area contributed by atoms with Crippen LogP contribution in [0.15, 0.2) is 48.5 Å². The highest BCUT2D eigenvalue weighted by Gasteiger charge is 2.33. The Bertz CT molecular complexity index is 1200. The van der Waals surface area contributed by atoms with Gasteiger partial charge in [-0.15, -0.1) is 11.3 Å². The molecule has 1 aliphatic carbocycles. The van der Waals surface area contributed by atoms with Gasteiger partial charge in [0, 0.05) is 16.1 Å². The zero-order valence-corrected chi connectivity index (χ0v) is 20.4. The molecule has 1 unspecified atom stereocenters. The molecule has 182 valence electrons. The van der Waals surface area contributed by atoms with E-state index >= 15 is 0 Å². The Morgan fingerprint density at radius 2 is 1.74 bits per heavy atom. The van der Waals surface area contributed by atoms with Gasteiger partial charge in [0.25, 0.3) is 5.91 Å². The van der Waals surface area contributed by atoms with Crippen molar-refractivity contribution in [2.75, 3.05) is 24.4 Å². The van der Waals surface area contributed by atoms with Crippen molar-refractivity contribution in [2.24, 2.45) is 0 Å². The Kier molecular flexibility index (Phi) is 7.77. The molecule has 0 fully saturated rings. The minimum absolute atomic E-state index is 0.166. The number of nitrogens with zero attached hydrogens (tertiary/aromatic N) is 1. The van der Waals surface area contributed by atoms with Crippen LogP contribution >= 0.6 is 11.3 Å². The topological polar surface area (TPSA) is 107 Å². The predicted octanol–water partition coefficient (Wildman–Crippen LogP) is 5.03. The van der Waals surface area contributed by atoms with Crippen LogP contribution in [0.25, 0.3) is 0 Å². The zero-order valence-electron chi connectivity index (χ0n) is 19.6. The summed E-state index contributed by atoms with van der Waals surface area (Å²) in [6, 6.07) is 13.5. The molecule has 1 aromatic heterocycles. The van der Waals surface area contributed by atoms with Crippen LogP contribution in [0.5, 0.6) is 5.75 Å². The van der Waals surface area contributed by atoms with Crippen molar-refractivity contribution in [1.29, 1.82) is 0 Å². The molecule has 35 heavy (non-hydrogen) atoms. The second kappa shape index (κ2) is 11.1. The average Bonchev–Trinajstić information content (AvgIpc) is 3.44. The summed E-state index contributed by atoms with van der Waals surface area (Å²) in [7, 11) is 1.57. The van der Waals surface area contributed by atoms with Crippen molar-refractivity contribution >= 4 is 39.9 Å². The van der Waals surface area contributed by atoms with Crippen LogP contribution in [0.2, 0.25) is 0 Å². The van der Waals surface area contributed by atoms with Gasteiger partial charge in [-0.2, -0.15) is 0 Å². The van der Waals surface area contributed by atoms with Crippen LogP contribution in [-0.4, -0.2) is 36.5 Å². The quantitative estimate of drug-likeness (QED) is 0.320. The molecule has 1 atom stereocenters. The summed E-state index contributed by atoms with van der Waals surface area (Å²) in [4.78, 5) is 43.1. The normalized spacial score (nSPS) is 14.2. The molecule has 8 nitrogen and oxygen atoms in total. The lowest BCUT2D eigenvalue weighted by atomic mass is 10.1. The van der Waals surface area contributed by atoms with Gasteiger partial charge in [0.05, 0.1) is 30.9 Å². The lowest BCUT2D eigenvalue weighted by Gasteiger charge is -2.11. The van der Waals surface area contributed by atoms with E-state index in [0.29, 0.717) is 46.4 Å². The average molecular weight is 494 g/mol. The van der Waals surface area contributed by atoms with E-state index in [4.69, 9.17) is 9.47 Å². The number of nitrogens with one attached hydrogen (secondary N) is 2. The standard InChI is InChI=1S/C26H27N3O5S/c1-3-4-15-34-25(32)17-5-9-18(10-6-17)27-24(31)20-13-14-21-22(20)28-26(35-21)29-23(30)16-7-11-19(33-2)12-8-16/h5-12,20H,3-4,13-15H2,1-2H3,(H,27,31)(H,28,29,30). The van der Waals surface area contributed by atoms with Crippen LogP contribution in [-0.2, 0) is 16.0 Å². The maximum absolute atomic E-state index is 12.9. The summed E-state index contributed by atoms with van der Waals surface area (Å²) < 4.78 is 10.3. The number of unbranched alkanes of at least 4 members (excludes halogenated alkanes) is 1. The van der Waals surface area contributed by atoms with Gasteiger partial charge >= 0.3 is 5.97 Å². The molecule has 0 aliphatic heterocycles. The first kappa shape index (κ1) is 24.4. The number of ether oxygens (including phenoxy) is 2. The number of carbonyl (C=O) groups is 3. The number of benzene rings is 2. The third kappa shape index (κ3) is 5.86. The maximum Gasteiger partial charge on any atom is 0.338 e. The maximum atomic E-state index is 12.9. The summed E-state index contributed by atoms with van der Waals surface area (Å²) in [5, 5.41) is 6.20. The van der Waals surface area contributed by atoms with Crippen molar-refractivity contribution in [1.82, 2.24) is 4.98 Å². The molecule has 2 N–H and O–H groups in total. The van der Waals surface area contributed by atoms with E-state index in [1.165, 1.54) is 11.3 Å². The smallest absolute Gasteiger partial charge is 0.338 e. The van der Waals surface area contributed by atoms with E-state index in [1.54, 1.807) is 55.6 Å². The molecular formula is C26H27N3O5S. The third-order valence-corrected chi connectivity index (χ3v) is 6.77. The first-order valence-electron chi connectivity index (χ1n) is 11.5. The molecule has 3 aromatic rings. The van der Waals surface area contributed by atoms with Gasteiger partial charge in [-0.3, -0.25) is 14.9 Å². The third-order valence-electron chi connectivity index (χ3n) is 5.73. The molecular weight excluding hydrogens is 466 g/mol. The highest BCUT2D eigenvalue weighted by molar-refractivity contribution is 7.16. The molecule has 0 saturated carbocycles. The van der Waals surface area contributed by atoms with E-state index in [1.807, 2.05) is 6.92 Å². The fourth-order valence-electron chi connectivity index (χ4n) is 3.76. The highest BCUT2D eigenvalue weighted by Crippen LogP contribution is 2.39. The second-order valence-electron chi connectivity index (χ2n) is 8.16. The van der Waals surface area contributed by atoms with Gasteiger partial charge in [0.1, 0.15) is 5.75 Å². The Morgan fingerprint density at radius 3 is 2.43 bits per heavy atom. The number of hydrogen-bond donors (Lipinski definition) is 2. The molecule has 9 heteroatoms. The Balaban J connectivity index is 1.36. The van der Waals surface area contributed by atoms with Crippen LogP contribution in [0.3, 0.4) is 0 Å². The van der Waals surface area contributed by atoms with Crippen LogP contribution in [0, 0.1) is 0 Å². The molecule has 0 radical (unpaired) electrons. The second-order valence-corrected chi connectivity index (χ2v) is 9.24. The van der Waals surface area contributed by atoms with Gasteiger partial charge in [-0.1, -0.05) is 13.3 Å². The number of methoxy groups -OCH3 is 1. The number of hydrogen-bond acceptors (Lipinski definition) is 7. The number of anilines is 2. The largest absolute Gasteiger partial charge is 0.497 e. The fourth-order valence-corrected chi connectivity index (χ4v) is 4.79. The van der Waals surface area contributed by atoms with E-state index < -0.39 is 5.92 Å². The van der Waals surface area contributed by atoms with Crippen molar-refractivity contribution < 1.29 is 23.9 Å². The number of fused-ring (bicyclic) bond motifs is 1. The fraction of sp³-hybridized carbons (Fsp3) is 0.308. The molecule has 1 aliphatic rings. The van der Waals surface area contributed by atoms with Crippen LogP contribution in [0.1, 0.15) is 63.4 Å². The van der Waals surface area contributed by atoms with E-state index in [9.17, 15) is 14.4 Å². The number of esters is 1. The number of carbonyl (C=O) groups excluding carboxylic acids is 3. The summed E-state index contributed by atoms with van der Waals surface area (Å²) >= 11 is 1.39. The Morgan fingerprint density at radius 1 is 1.03 bits per heavy atom. The monoisotopic (exact) mass is 493 g/mol. The molecule has 4 rings (SSSR count). The first-order valence-corrected chi connectivity index (χ1v) is 12.3. The SMILES string of the molecule is CCCCOC(=O)c1ccc(NC(=O)C2CCc3sc(NC(=O)c4ccc(OC)cc4)nc32)cc1. The highest BCUT2D eigenvalue weighted by atomic mass is 32.1. The number of thiazole rings is 1. The number of aromatic nitrogens is 1. The zero-order chi connectivity index (χ0) is 24.8. The lowest BCUT2D eigenvalue weighted by Crippen LogP contribution is -2.20. The van der Waals surface area contributed by atoms with E-state index in [-0.39, 0.29) is 17.8 Å². The Hall–Kier alpha value is -3.72. The number of aryl methyl sites for hydroxylation is 1. The summed E-state index contributed by atoms with van der Waals surface area (Å²) in [6.45, 7) is 2.43. The van der Waals surface area contributed by atoms with E-state index in [2.05, 4.69) is 15.6 Å². The van der Waals surface area contributed by atoms with E-state index in [0.717, 1.165) is 24.1 Å². The number of rotatable bonds is 9. The van der Waals surface area contributed by atoms with Gasteiger partial charge in [0.15, 0.2) is 5.13 Å². The van der Waals surface area contributed by atoms with Crippen molar-refractivity contribution in [3.05, 3.63) is 70.2 Å². The van der Waals surface area contributed by atoms with Crippen molar-refractivity contribution in [3.8, 4) is 5.75 Å². The van der Waals surface area contributed by atoms with Crippen LogP contribution < -0.4 is 15.4 Å². The van der Waals surface area contributed by atoms with Gasteiger partial charge < -0.3 is 14.8 Å². The summed E-state index contributed by atoms with van der Waals surface area (Å²) in [5.74, 6) is -0.532. The molecule has 2 aromatic carbocycles.